The summed E-state index contributed by atoms with van der Waals surface area (Å²) in [5, 5.41) is 9.02. The molecule has 3 aromatic rings. The van der Waals surface area contributed by atoms with Gasteiger partial charge in [-0.1, -0.05) is 30.3 Å². The summed E-state index contributed by atoms with van der Waals surface area (Å²) in [7, 11) is -3.95. The van der Waals surface area contributed by atoms with E-state index in [4.69, 9.17) is 5.14 Å². The zero-order valence-corrected chi connectivity index (χ0v) is 12.7. The largest absolute Gasteiger partial charge is 0.238 e. The van der Waals surface area contributed by atoms with E-state index in [0.717, 1.165) is 11.6 Å². The van der Waals surface area contributed by atoms with Crippen molar-refractivity contribution in [1.29, 1.82) is 0 Å². The lowest BCUT2D eigenvalue weighted by Crippen LogP contribution is -2.13. The number of nitrogens with zero attached hydrogens (tertiary/aromatic N) is 3. The summed E-state index contributed by atoms with van der Waals surface area (Å²) in [6, 6.07) is 13.0. The van der Waals surface area contributed by atoms with Crippen molar-refractivity contribution in [2.24, 2.45) is 5.14 Å². The molecule has 0 aliphatic carbocycles. The Hall–Kier alpha value is -2.58. The lowest BCUT2D eigenvalue weighted by molar-refractivity contribution is 0.587. The number of hydrogen-bond acceptors (Lipinski definition) is 4. The van der Waals surface area contributed by atoms with Gasteiger partial charge in [-0.15, -0.1) is 0 Å². The second-order valence-electron chi connectivity index (χ2n) is 4.91. The van der Waals surface area contributed by atoms with Crippen molar-refractivity contribution in [1.82, 2.24) is 14.8 Å². The summed E-state index contributed by atoms with van der Waals surface area (Å²) < 4.78 is 38.1. The quantitative estimate of drug-likeness (QED) is 0.786. The van der Waals surface area contributed by atoms with Gasteiger partial charge in [-0.3, -0.25) is 0 Å². The molecule has 0 radical (unpaired) electrons. The van der Waals surface area contributed by atoms with Crippen LogP contribution in [-0.4, -0.2) is 23.2 Å². The molecule has 0 aliphatic heterocycles. The molecule has 0 bridgehead atoms. The average molecular weight is 332 g/mol. The lowest BCUT2D eigenvalue weighted by Gasteiger charge is -2.08. The van der Waals surface area contributed by atoms with Crippen LogP contribution in [0.4, 0.5) is 4.39 Å². The zero-order chi connectivity index (χ0) is 16.4. The van der Waals surface area contributed by atoms with Crippen LogP contribution >= 0.6 is 0 Å². The lowest BCUT2D eigenvalue weighted by atomic mass is 10.1. The van der Waals surface area contributed by atoms with Crippen LogP contribution in [0.3, 0.4) is 0 Å². The summed E-state index contributed by atoms with van der Waals surface area (Å²) in [6.45, 7) is 0. The Kier molecular flexibility index (Phi) is 3.93. The Morgan fingerprint density at radius 2 is 1.87 bits per heavy atom. The molecule has 23 heavy (non-hydrogen) atoms. The van der Waals surface area contributed by atoms with Crippen LogP contribution < -0.4 is 5.14 Å². The van der Waals surface area contributed by atoms with Crippen molar-refractivity contribution >= 4 is 10.0 Å². The number of aromatic nitrogens is 3. The van der Waals surface area contributed by atoms with E-state index in [1.54, 1.807) is 0 Å². The highest BCUT2D eigenvalue weighted by atomic mass is 32.2. The first-order chi connectivity index (χ1) is 10.9. The molecule has 3 rings (SSSR count). The summed E-state index contributed by atoms with van der Waals surface area (Å²) >= 11 is 0. The van der Waals surface area contributed by atoms with Gasteiger partial charge in [-0.2, -0.15) is 5.10 Å². The molecule has 2 aromatic carbocycles. The maximum atomic E-state index is 14.3. The summed E-state index contributed by atoms with van der Waals surface area (Å²) in [5.41, 5.74) is 1.11. The van der Waals surface area contributed by atoms with Crippen molar-refractivity contribution < 1.29 is 12.8 Å². The molecule has 1 aromatic heterocycles. The third-order valence-electron chi connectivity index (χ3n) is 3.30. The second kappa shape index (κ2) is 5.90. The SMILES string of the molecule is NS(=O)(=O)c1ccc(-n2ncnc2Cc2ccccc2)c(F)c1. The molecule has 0 amide bonds. The van der Waals surface area contributed by atoms with Crippen molar-refractivity contribution in [3.63, 3.8) is 0 Å². The Balaban J connectivity index is 1.99. The van der Waals surface area contributed by atoms with Gasteiger partial charge in [-0.25, -0.2) is 27.6 Å². The molecule has 6 nitrogen and oxygen atoms in total. The molecule has 0 fully saturated rings. The Bertz CT molecular complexity index is 939. The van der Waals surface area contributed by atoms with Crippen LogP contribution in [0, 0.1) is 5.82 Å². The molecule has 0 unspecified atom stereocenters. The third-order valence-corrected chi connectivity index (χ3v) is 4.21. The molecule has 0 saturated heterocycles. The maximum Gasteiger partial charge on any atom is 0.238 e. The minimum Gasteiger partial charge on any atom is -0.225 e. The first-order valence-electron chi connectivity index (χ1n) is 6.71. The number of halogens is 1. The fourth-order valence-electron chi connectivity index (χ4n) is 2.20. The van der Waals surface area contributed by atoms with Gasteiger partial charge in [0.15, 0.2) is 0 Å². The first-order valence-corrected chi connectivity index (χ1v) is 8.25. The predicted octanol–water partition coefficient (Wildman–Crippen LogP) is 1.64. The molecular formula is C15H13FN4O2S. The summed E-state index contributed by atoms with van der Waals surface area (Å²) in [6.07, 6.45) is 1.79. The number of benzene rings is 2. The van der Waals surface area contributed by atoms with Gasteiger partial charge in [0.05, 0.1) is 4.90 Å². The van der Waals surface area contributed by atoms with Crippen molar-refractivity contribution in [3.05, 3.63) is 72.1 Å². The second-order valence-corrected chi connectivity index (χ2v) is 6.47. The first kappa shape index (κ1) is 15.3. The molecule has 0 saturated carbocycles. The number of primary sulfonamides is 1. The fourth-order valence-corrected chi connectivity index (χ4v) is 2.73. The maximum absolute atomic E-state index is 14.3. The van der Waals surface area contributed by atoms with Gasteiger partial charge in [0.2, 0.25) is 10.0 Å². The van der Waals surface area contributed by atoms with Crippen LogP contribution in [0.2, 0.25) is 0 Å². The van der Waals surface area contributed by atoms with Crippen LogP contribution in [0.25, 0.3) is 5.69 Å². The Morgan fingerprint density at radius 1 is 1.13 bits per heavy atom. The zero-order valence-electron chi connectivity index (χ0n) is 11.9. The normalized spacial score (nSPS) is 11.6. The minimum absolute atomic E-state index is 0.112. The van der Waals surface area contributed by atoms with Gasteiger partial charge in [-0.05, 0) is 23.8 Å². The van der Waals surface area contributed by atoms with Gasteiger partial charge in [0.1, 0.15) is 23.7 Å². The summed E-state index contributed by atoms with van der Waals surface area (Å²) in [5.74, 6) is -0.199. The van der Waals surface area contributed by atoms with E-state index in [9.17, 15) is 12.8 Å². The molecule has 0 spiro atoms. The summed E-state index contributed by atoms with van der Waals surface area (Å²) in [4.78, 5) is 3.85. The van der Waals surface area contributed by atoms with Crippen molar-refractivity contribution in [2.75, 3.05) is 0 Å². The molecule has 1 heterocycles. The average Bonchev–Trinajstić information content (AvgIpc) is 2.95. The molecule has 2 N–H and O–H groups in total. The highest BCUT2D eigenvalue weighted by Crippen LogP contribution is 2.19. The molecule has 8 heteroatoms. The Morgan fingerprint density at radius 3 is 2.52 bits per heavy atom. The van der Waals surface area contributed by atoms with E-state index in [1.165, 1.54) is 23.1 Å². The topological polar surface area (TPSA) is 90.9 Å². The highest BCUT2D eigenvalue weighted by Gasteiger charge is 2.15. The number of rotatable bonds is 4. The van der Waals surface area contributed by atoms with Crippen molar-refractivity contribution in [2.45, 2.75) is 11.3 Å². The predicted molar refractivity (Wildman–Crippen MR) is 81.9 cm³/mol. The molecular weight excluding hydrogens is 319 g/mol. The monoisotopic (exact) mass is 332 g/mol. The van der Waals surface area contributed by atoms with E-state index in [1.807, 2.05) is 30.3 Å². The van der Waals surface area contributed by atoms with E-state index in [-0.39, 0.29) is 10.6 Å². The number of sulfonamides is 1. The van der Waals surface area contributed by atoms with Gasteiger partial charge >= 0.3 is 0 Å². The van der Waals surface area contributed by atoms with Crippen molar-refractivity contribution in [3.8, 4) is 5.69 Å². The van der Waals surface area contributed by atoms with Crippen LogP contribution in [0.5, 0.6) is 0 Å². The standard InChI is InChI=1S/C15H13FN4O2S/c16-13-9-12(23(17,21)22)6-7-14(13)20-15(18-10-19-20)8-11-4-2-1-3-5-11/h1-7,9-10H,8H2,(H2,17,21,22). The fraction of sp³-hybridized carbons (Fsp3) is 0.0667. The third kappa shape index (κ3) is 3.27. The van der Waals surface area contributed by atoms with E-state index < -0.39 is 15.8 Å². The highest BCUT2D eigenvalue weighted by molar-refractivity contribution is 7.89. The van der Waals surface area contributed by atoms with Crippen LogP contribution in [0.1, 0.15) is 11.4 Å². The van der Waals surface area contributed by atoms with Gasteiger partial charge in [0.25, 0.3) is 0 Å². The van der Waals surface area contributed by atoms with Gasteiger partial charge < -0.3 is 0 Å². The minimum atomic E-state index is -3.95. The van der Waals surface area contributed by atoms with E-state index >= 15 is 0 Å². The van der Waals surface area contributed by atoms with Crippen LogP contribution in [0.15, 0.2) is 59.8 Å². The number of hydrogen-bond donors (Lipinski definition) is 1. The Labute approximate surface area is 132 Å². The number of nitrogens with two attached hydrogens (primary N) is 1. The molecule has 0 atom stereocenters. The van der Waals surface area contributed by atoms with E-state index in [0.29, 0.717) is 12.2 Å². The van der Waals surface area contributed by atoms with Crippen LogP contribution in [-0.2, 0) is 16.4 Å². The van der Waals surface area contributed by atoms with Gasteiger partial charge in [0, 0.05) is 6.42 Å². The molecule has 118 valence electrons. The van der Waals surface area contributed by atoms with E-state index in [2.05, 4.69) is 10.1 Å². The molecule has 0 aliphatic rings. The smallest absolute Gasteiger partial charge is 0.225 e.